The summed E-state index contributed by atoms with van der Waals surface area (Å²) in [7, 11) is -3.14. The van der Waals surface area contributed by atoms with Crippen LogP contribution in [0.3, 0.4) is 0 Å². The molecule has 0 bridgehead atoms. The van der Waals surface area contributed by atoms with Crippen LogP contribution in [-0.4, -0.2) is 49.7 Å². The summed E-state index contributed by atoms with van der Waals surface area (Å²) >= 11 is 0. The number of benzene rings is 3. The molecule has 3 aromatic carbocycles. The minimum absolute atomic E-state index is 0.00330. The number of nitrogens with zero attached hydrogens (tertiary/aromatic N) is 1. The van der Waals surface area contributed by atoms with E-state index in [0.717, 1.165) is 11.8 Å². The molecular weight excluding hydrogens is 456 g/mol. The fourth-order valence-corrected chi connectivity index (χ4v) is 3.91. The zero-order valence-electron chi connectivity index (χ0n) is 18.4. The summed E-state index contributed by atoms with van der Waals surface area (Å²) < 4.78 is 27.9. The Morgan fingerprint density at radius 3 is 2.38 bits per heavy atom. The van der Waals surface area contributed by atoms with Crippen LogP contribution in [0.2, 0.25) is 0 Å². The molecule has 0 aromatic heterocycles. The SMILES string of the molecule is CS(=O)(=O)CCOc1cccc(NC(=O)c2ccc3c(c2)C(=O)N(Cc2ccccc2)C3=O)c1. The van der Waals surface area contributed by atoms with Crippen molar-refractivity contribution in [3.05, 3.63) is 95.1 Å². The number of anilines is 1. The summed E-state index contributed by atoms with van der Waals surface area (Å²) in [4.78, 5) is 39.6. The molecule has 0 saturated carbocycles. The van der Waals surface area contributed by atoms with Crippen molar-refractivity contribution in [2.45, 2.75) is 6.54 Å². The van der Waals surface area contributed by atoms with E-state index in [-0.39, 0.29) is 35.6 Å². The molecule has 0 atom stereocenters. The number of imide groups is 1. The lowest BCUT2D eigenvalue weighted by Gasteiger charge is -2.13. The molecule has 1 heterocycles. The second-order valence-corrected chi connectivity index (χ2v) is 10.2. The molecule has 0 unspecified atom stereocenters. The average molecular weight is 479 g/mol. The van der Waals surface area contributed by atoms with Gasteiger partial charge in [-0.05, 0) is 35.9 Å². The van der Waals surface area contributed by atoms with Gasteiger partial charge in [-0.3, -0.25) is 19.3 Å². The van der Waals surface area contributed by atoms with E-state index in [1.165, 1.54) is 23.1 Å². The molecule has 1 N–H and O–H groups in total. The quantitative estimate of drug-likeness (QED) is 0.498. The van der Waals surface area contributed by atoms with Crippen molar-refractivity contribution in [3.8, 4) is 5.75 Å². The Hall–Kier alpha value is -3.98. The Bertz CT molecular complexity index is 1370. The van der Waals surface area contributed by atoms with Gasteiger partial charge in [0.2, 0.25) is 0 Å². The van der Waals surface area contributed by atoms with Crippen LogP contribution >= 0.6 is 0 Å². The van der Waals surface area contributed by atoms with Crippen molar-refractivity contribution in [3.63, 3.8) is 0 Å². The Kier molecular flexibility index (Phi) is 6.47. The summed E-state index contributed by atoms with van der Waals surface area (Å²) in [5.41, 5.74) is 1.94. The summed E-state index contributed by atoms with van der Waals surface area (Å²) in [6, 6.07) is 20.1. The minimum Gasteiger partial charge on any atom is -0.492 e. The number of fused-ring (bicyclic) bond motifs is 1. The van der Waals surface area contributed by atoms with Gasteiger partial charge < -0.3 is 10.1 Å². The Balaban J connectivity index is 1.46. The lowest BCUT2D eigenvalue weighted by Crippen LogP contribution is -2.29. The second kappa shape index (κ2) is 9.48. The fourth-order valence-electron chi connectivity index (χ4n) is 3.52. The van der Waals surface area contributed by atoms with Crippen molar-refractivity contribution in [1.82, 2.24) is 4.90 Å². The molecule has 174 valence electrons. The van der Waals surface area contributed by atoms with Crippen LogP contribution in [-0.2, 0) is 16.4 Å². The van der Waals surface area contributed by atoms with Gasteiger partial charge in [0, 0.05) is 23.6 Å². The highest BCUT2D eigenvalue weighted by Crippen LogP contribution is 2.26. The highest BCUT2D eigenvalue weighted by molar-refractivity contribution is 7.90. The predicted molar refractivity (Wildman–Crippen MR) is 127 cm³/mol. The van der Waals surface area contributed by atoms with Gasteiger partial charge in [0.15, 0.2) is 9.84 Å². The molecule has 3 aromatic rings. The number of hydrogen-bond acceptors (Lipinski definition) is 6. The first-order valence-corrected chi connectivity index (χ1v) is 12.5. The molecule has 4 rings (SSSR count). The van der Waals surface area contributed by atoms with E-state index < -0.39 is 27.6 Å². The predicted octanol–water partition coefficient (Wildman–Crippen LogP) is 3.16. The van der Waals surface area contributed by atoms with E-state index in [1.54, 1.807) is 24.3 Å². The van der Waals surface area contributed by atoms with Crippen LogP contribution in [0.25, 0.3) is 0 Å². The smallest absolute Gasteiger partial charge is 0.261 e. The van der Waals surface area contributed by atoms with Crippen LogP contribution in [0.4, 0.5) is 5.69 Å². The first-order valence-electron chi connectivity index (χ1n) is 10.5. The van der Waals surface area contributed by atoms with E-state index in [1.807, 2.05) is 30.3 Å². The molecule has 0 radical (unpaired) electrons. The largest absolute Gasteiger partial charge is 0.492 e. The zero-order chi connectivity index (χ0) is 24.3. The van der Waals surface area contributed by atoms with E-state index in [4.69, 9.17) is 4.74 Å². The number of amides is 3. The third kappa shape index (κ3) is 5.32. The van der Waals surface area contributed by atoms with Gasteiger partial charge in [0.05, 0.1) is 23.4 Å². The number of rotatable bonds is 8. The number of carbonyl (C=O) groups is 3. The Morgan fingerprint density at radius 2 is 1.65 bits per heavy atom. The molecule has 0 spiro atoms. The van der Waals surface area contributed by atoms with Gasteiger partial charge in [0.25, 0.3) is 17.7 Å². The Labute approximate surface area is 197 Å². The maximum atomic E-state index is 12.9. The molecule has 1 aliphatic heterocycles. The third-order valence-electron chi connectivity index (χ3n) is 5.23. The van der Waals surface area contributed by atoms with Gasteiger partial charge >= 0.3 is 0 Å². The standard InChI is InChI=1S/C25H22N2O6S/c1-34(31,32)13-12-33-20-9-5-8-19(15-20)26-23(28)18-10-11-21-22(14-18)25(30)27(24(21)29)16-17-6-3-2-4-7-17/h2-11,14-15H,12-13,16H2,1H3,(H,26,28). The van der Waals surface area contributed by atoms with Crippen LogP contribution < -0.4 is 10.1 Å². The van der Waals surface area contributed by atoms with Crippen molar-refractivity contribution in [1.29, 1.82) is 0 Å². The number of ether oxygens (including phenoxy) is 1. The first kappa shape index (κ1) is 23.2. The van der Waals surface area contributed by atoms with E-state index in [2.05, 4.69) is 5.32 Å². The lowest BCUT2D eigenvalue weighted by molar-refractivity contribution is 0.0642. The zero-order valence-corrected chi connectivity index (χ0v) is 19.2. The fraction of sp³-hybridized carbons (Fsp3) is 0.160. The maximum absolute atomic E-state index is 12.9. The van der Waals surface area contributed by atoms with Gasteiger partial charge in [-0.1, -0.05) is 36.4 Å². The summed E-state index contributed by atoms with van der Waals surface area (Å²) in [5, 5.41) is 2.73. The summed E-state index contributed by atoms with van der Waals surface area (Å²) in [6.45, 7) is 0.150. The van der Waals surface area contributed by atoms with Crippen molar-refractivity contribution >= 4 is 33.2 Å². The second-order valence-electron chi connectivity index (χ2n) is 7.90. The van der Waals surface area contributed by atoms with Crippen LogP contribution in [0.15, 0.2) is 72.8 Å². The van der Waals surface area contributed by atoms with Crippen LogP contribution in [0.5, 0.6) is 5.75 Å². The van der Waals surface area contributed by atoms with Crippen molar-refractivity contribution in [2.24, 2.45) is 0 Å². The Morgan fingerprint density at radius 1 is 0.912 bits per heavy atom. The average Bonchev–Trinajstić information content (AvgIpc) is 3.03. The van der Waals surface area contributed by atoms with E-state index >= 15 is 0 Å². The van der Waals surface area contributed by atoms with Gasteiger partial charge in [-0.25, -0.2) is 8.42 Å². The summed E-state index contributed by atoms with van der Waals surface area (Å²) in [5.74, 6) is -1.01. The minimum atomic E-state index is -3.14. The molecule has 9 heteroatoms. The molecule has 1 aliphatic rings. The van der Waals surface area contributed by atoms with E-state index in [9.17, 15) is 22.8 Å². The number of nitrogens with one attached hydrogen (secondary N) is 1. The van der Waals surface area contributed by atoms with E-state index in [0.29, 0.717) is 11.4 Å². The van der Waals surface area contributed by atoms with Crippen molar-refractivity contribution < 1.29 is 27.5 Å². The molecule has 0 saturated heterocycles. The highest BCUT2D eigenvalue weighted by Gasteiger charge is 2.36. The molecule has 0 aliphatic carbocycles. The number of carbonyl (C=O) groups excluding carboxylic acids is 3. The highest BCUT2D eigenvalue weighted by atomic mass is 32.2. The first-order chi connectivity index (χ1) is 16.2. The number of sulfone groups is 1. The molecule has 3 amide bonds. The van der Waals surface area contributed by atoms with Crippen LogP contribution in [0.1, 0.15) is 36.6 Å². The molecule has 0 fully saturated rings. The third-order valence-corrected chi connectivity index (χ3v) is 6.14. The molecule has 8 nitrogen and oxygen atoms in total. The monoisotopic (exact) mass is 478 g/mol. The number of hydrogen-bond donors (Lipinski definition) is 1. The van der Waals surface area contributed by atoms with Gasteiger partial charge in [0.1, 0.15) is 12.4 Å². The normalized spacial score (nSPS) is 13.0. The van der Waals surface area contributed by atoms with Gasteiger partial charge in [-0.15, -0.1) is 0 Å². The summed E-state index contributed by atoms with van der Waals surface area (Å²) in [6.07, 6.45) is 1.13. The lowest BCUT2D eigenvalue weighted by atomic mass is 10.1. The topological polar surface area (TPSA) is 110 Å². The van der Waals surface area contributed by atoms with Crippen molar-refractivity contribution in [2.75, 3.05) is 23.9 Å². The molecule has 34 heavy (non-hydrogen) atoms. The van der Waals surface area contributed by atoms with Crippen LogP contribution in [0, 0.1) is 0 Å². The maximum Gasteiger partial charge on any atom is 0.261 e. The molecular formula is C25H22N2O6S. The van der Waals surface area contributed by atoms with Gasteiger partial charge in [-0.2, -0.15) is 0 Å².